The van der Waals surface area contributed by atoms with Crippen LogP contribution < -0.4 is 11.2 Å². The highest BCUT2D eigenvalue weighted by atomic mass is 16.5. The van der Waals surface area contributed by atoms with Gasteiger partial charge in [0.15, 0.2) is 11.2 Å². The minimum Gasteiger partial charge on any atom is -0.466 e. The van der Waals surface area contributed by atoms with Crippen LogP contribution in [-0.2, 0) is 28.5 Å². The third kappa shape index (κ3) is 2.83. The van der Waals surface area contributed by atoms with E-state index in [1.807, 2.05) is 20.8 Å². The van der Waals surface area contributed by atoms with Gasteiger partial charge in [0.25, 0.3) is 5.56 Å². The maximum absolute atomic E-state index is 12.9. The lowest BCUT2D eigenvalue weighted by Crippen LogP contribution is -2.39. The summed E-state index contributed by atoms with van der Waals surface area (Å²) < 4.78 is 14.5. The van der Waals surface area contributed by atoms with Crippen LogP contribution in [0.4, 0.5) is 0 Å². The highest BCUT2D eigenvalue weighted by Gasteiger charge is 2.24. The van der Waals surface area contributed by atoms with E-state index in [1.54, 1.807) is 17.5 Å². The number of oxazole rings is 1. The third-order valence-corrected chi connectivity index (χ3v) is 4.18. The fourth-order valence-corrected chi connectivity index (χ4v) is 2.73. The number of fused-ring (bicyclic) bond motifs is 3. The monoisotopic (exact) mass is 362 g/mol. The Bertz CT molecular complexity index is 1110. The van der Waals surface area contributed by atoms with Crippen LogP contribution in [0.1, 0.15) is 39.9 Å². The Hall–Kier alpha value is -2.84. The van der Waals surface area contributed by atoms with Crippen LogP contribution in [0.2, 0.25) is 0 Å². The third-order valence-electron chi connectivity index (χ3n) is 4.18. The molecule has 9 heteroatoms. The van der Waals surface area contributed by atoms with Crippen LogP contribution in [0.25, 0.3) is 17.0 Å². The van der Waals surface area contributed by atoms with Gasteiger partial charge < -0.3 is 9.15 Å². The van der Waals surface area contributed by atoms with Gasteiger partial charge in [-0.05, 0) is 6.92 Å². The van der Waals surface area contributed by atoms with Crippen LogP contribution in [0.5, 0.6) is 0 Å². The summed E-state index contributed by atoms with van der Waals surface area (Å²) in [5, 5.41) is 0. The van der Waals surface area contributed by atoms with E-state index in [9.17, 15) is 14.4 Å². The molecule has 0 N–H and O–H groups in total. The predicted octanol–water partition coefficient (Wildman–Crippen LogP) is 1.19. The van der Waals surface area contributed by atoms with Gasteiger partial charge in [0.1, 0.15) is 5.76 Å². The molecule has 0 unspecified atom stereocenters. The van der Waals surface area contributed by atoms with E-state index in [4.69, 9.17) is 9.15 Å². The van der Waals surface area contributed by atoms with Gasteiger partial charge in [0.2, 0.25) is 0 Å². The first-order chi connectivity index (χ1) is 12.1. The minimum atomic E-state index is -0.538. The zero-order valence-corrected chi connectivity index (χ0v) is 15.5. The van der Waals surface area contributed by atoms with Crippen molar-refractivity contribution >= 4 is 23.0 Å². The molecule has 9 nitrogen and oxygen atoms in total. The summed E-state index contributed by atoms with van der Waals surface area (Å²) in [7, 11) is 1.53. The molecule has 0 aliphatic rings. The lowest BCUT2D eigenvalue weighted by Gasteiger charge is -2.13. The van der Waals surface area contributed by atoms with Crippen molar-refractivity contribution < 1.29 is 13.9 Å². The van der Waals surface area contributed by atoms with Crippen LogP contribution in [0, 0.1) is 0 Å². The van der Waals surface area contributed by atoms with Crippen molar-refractivity contribution in [3.8, 4) is 0 Å². The van der Waals surface area contributed by atoms with E-state index < -0.39 is 17.2 Å². The summed E-state index contributed by atoms with van der Waals surface area (Å²) in [6.45, 7) is 7.85. The molecule has 0 aliphatic carbocycles. The maximum atomic E-state index is 12.9. The Morgan fingerprint density at radius 1 is 1.31 bits per heavy atom. The molecule has 0 saturated carbocycles. The zero-order chi connectivity index (χ0) is 19.2. The summed E-state index contributed by atoms with van der Waals surface area (Å²) in [6.07, 6.45) is 1.65. The Morgan fingerprint density at radius 2 is 2.00 bits per heavy atom. The van der Waals surface area contributed by atoms with E-state index in [2.05, 4.69) is 4.98 Å². The van der Waals surface area contributed by atoms with Crippen molar-refractivity contribution in [2.24, 2.45) is 7.05 Å². The summed E-state index contributed by atoms with van der Waals surface area (Å²) in [4.78, 5) is 41.3. The number of ether oxygens (including phenoxy) is 1. The molecule has 0 radical (unpaired) electrons. The van der Waals surface area contributed by atoms with Gasteiger partial charge in [-0.1, -0.05) is 20.8 Å². The van der Waals surface area contributed by atoms with Crippen LogP contribution in [-0.4, -0.2) is 31.1 Å². The Kier molecular flexibility index (Phi) is 4.25. The first kappa shape index (κ1) is 18.0. The van der Waals surface area contributed by atoms with Crippen LogP contribution in [0.3, 0.4) is 0 Å². The second-order valence-corrected chi connectivity index (χ2v) is 7.14. The second-order valence-electron chi connectivity index (χ2n) is 7.14. The van der Waals surface area contributed by atoms with Crippen molar-refractivity contribution in [1.82, 2.24) is 18.5 Å². The summed E-state index contributed by atoms with van der Waals surface area (Å²) in [6, 6.07) is 0. The largest absolute Gasteiger partial charge is 0.466 e. The predicted molar refractivity (Wildman–Crippen MR) is 94.4 cm³/mol. The number of aryl methyl sites for hydroxylation is 1. The van der Waals surface area contributed by atoms with Gasteiger partial charge in [0, 0.05) is 19.0 Å². The molecule has 0 fully saturated rings. The minimum absolute atomic E-state index is 0.0580. The van der Waals surface area contributed by atoms with E-state index in [1.165, 1.54) is 11.6 Å². The highest BCUT2D eigenvalue weighted by Crippen LogP contribution is 2.26. The summed E-state index contributed by atoms with van der Waals surface area (Å²) in [5.74, 6) is 0.465. The molecule has 0 bridgehead atoms. The summed E-state index contributed by atoms with van der Waals surface area (Å²) >= 11 is 0. The van der Waals surface area contributed by atoms with E-state index in [0.717, 1.165) is 4.57 Å². The van der Waals surface area contributed by atoms with Crippen molar-refractivity contribution in [2.45, 2.75) is 46.1 Å². The lowest BCUT2D eigenvalue weighted by molar-refractivity contribution is -0.143. The number of aromatic nitrogens is 4. The molecular weight excluding hydrogens is 340 g/mol. The SMILES string of the molecule is CCOC(=O)CCn1c(=O)c2c(nc3oc(C(C)(C)C)cn32)n(C)c1=O. The molecule has 3 aromatic rings. The number of hydrogen-bond donors (Lipinski definition) is 0. The zero-order valence-electron chi connectivity index (χ0n) is 15.5. The topological polar surface area (TPSA) is 101 Å². The quantitative estimate of drug-likeness (QED) is 0.646. The lowest BCUT2D eigenvalue weighted by atomic mass is 9.94. The van der Waals surface area contributed by atoms with Crippen LogP contribution >= 0.6 is 0 Å². The average Bonchev–Trinajstić information content (AvgIpc) is 3.10. The summed E-state index contributed by atoms with van der Waals surface area (Å²) in [5.41, 5.74) is -0.821. The normalized spacial score (nSPS) is 12.2. The maximum Gasteiger partial charge on any atom is 0.332 e. The van der Waals surface area contributed by atoms with Gasteiger partial charge in [-0.15, -0.1) is 0 Å². The van der Waals surface area contributed by atoms with E-state index >= 15 is 0 Å². The Morgan fingerprint density at radius 3 is 2.62 bits per heavy atom. The van der Waals surface area contributed by atoms with Gasteiger partial charge in [-0.2, -0.15) is 4.98 Å². The number of rotatable bonds is 4. The number of esters is 1. The highest BCUT2D eigenvalue weighted by molar-refractivity contribution is 5.75. The van der Waals surface area contributed by atoms with Crippen molar-refractivity contribution in [1.29, 1.82) is 0 Å². The molecule has 0 aromatic carbocycles. The molecule has 0 aliphatic heterocycles. The number of nitrogens with zero attached hydrogens (tertiary/aromatic N) is 4. The fourth-order valence-electron chi connectivity index (χ4n) is 2.73. The molecule has 3 rings (SSSR count). The molecule has 140 valence electrons. The fraction of sp³-hybridized carbons (Fsp3) is 0.529. The van der Waals surface area contributed by atoms with Crippen LogP contribution in [0.15, 0.2) is 20.2 Å². The van der Waals surface area contributed by atoms with Gasteiger partial charge in [0.05, 0.1) is 19.2 Å². The molecule has 3 heterocycles. The number of imidazole rings is 1. The van der Waals surface area contributed by atoms with Gasteiger partial charge >= 0.3 is 17.5 Å². The first-order valence-electron chi connectivity index (χ1n) is 8.42. The smallest absolute Gasteiger partial charge is 0.332 e. The van der Waals surface area contributed by atoms with E-state index in [-0.39, 0.29) is 42.0 Å². The molecular formula is C17H22N4O5. The van der Waals surface area contributed by atoms with Gasteiger partial charge in [-0.25, -0.2) is 4.79 Å². The van der Waals surface area contributed by atoms with Gasteiger partial charge in [-0.3, -0.25) is 23.1 Å². The first-order valence-corrected chi connectivity index (χ1v) is 8.42. The Labute approximate surface area is 148 Å². The average molecular weight is 362 g/mol. The van der Waals surface area contributed by atoms with Crippen molar-refractivity contribution in [3.05, 3.63) is 32.8 Å². The molecule has 0 saturated heterocycles. The number of carbonyl (C=O) groups is 1. The molecule has 0 atom stereocenters. The molecule has 0 spiro atoms. The molecule has 3 aromatic heterocycles. The standard InChI is InChI=1S/C17H22N4O5/c1-6-25-11(22)7-8-20-14(23)12-13(19(5)16(20)24)18-15-21(12)9-10(26-15)17(2,3)4/h9H,6-8H2,1-5H3. The molecule has 0 amide bonds. The Balaban J connectivity index is 2.19. The van der Waals surface area contributed by atoms with E-state index in [0.29, 0.717) is 5.76 Å². The number of carbonyl (C=O) groups excluding carboxylic acids is 1. The second kappa shape index (κ2) is 6.15. The van der Waals surface area contributed by atoms with Crippen molar-refractivity contribution in [3.63, 3.8) is 0 Å². The van der Waals surface area contributed by atoms with Crippen molar-refractivity contribution in [2.75, 3.05) is 6.61 Å². The molecule has 26 heavy (non-hydrogen) atoms. The number of hydrogen-bond acceptors (Lipinski definition) is 6.